The first-order valence-electron chi connectivity index (χ1n) is 6.43. The third-order valence-corrected chi connectivity index (χ3v) is 3.47. The van der Waals surface area contributed by atoms with E-state index >= 15 is 0 Å². The average molecular weight is 235 g/mol. The van der Waals surface area contributed by atoms with Crippen molar-refractivity contribution in [3.63, 3.8) is 0 Å². The molecule has 0 unspecified atom stereocenters. The van der Waals surface area contributed by atoms with E-state index in [0.29, 0.717) is 5.75 Å². The lowest BCUT2D eigenvalue weighted by molar-refractivity contribution is 0.231. The number of hydrogen-bond acceptors (Lipinski definition) is 3. The molecule has 1 aliphatic heterocycles. The van der Waals surface area contributed by atoms with Crippen molar-refractivity contribution in [1.82, 2.24) is 4.90 Å². The summed E-state index contributed by atoms with van der Waals surface area (Å²) in [5.41, 5.74) is 1.82. The monoisotopic (exact) mass is 235 g/mol. The highest BCUT2D eigenvalue weighted by Gasteiger charge is 2.11. The number of rotatable bonds is 4. The van der Waals surface area contributed by atoms with Crippen molar-refractivity contribution in [2.45, 2.75) is 32.3 Å². The van der Waals surface area contributed by atoms with E-state index in [1.807, 2.05) is 6.07 Å². The Hall–Kier alpha value is -1.06. The molecule has 1 fully saturated rings. The van der Waals surface area contributed by atoms with Crippen molar-refractivity contribution >= 4 is 0 Å². The molecule has 17 heavy (non-hydrogen) atoms. The summed E-state index contributed by atoms with van der Waals surface area (Å²) in [6, 6.07) is 5.34. The SMILES string of the molecule is OCc1ccc(O)c(CCN2CCCCC2)c1. The van der Waals surface area contributed by atoms with Gasteiger partial charge in [-0.2, -0.15) is 0 Å². The summed E-state index contributed by atoms with van der Waals surface area (Å²) in [5, 5.41) is 18.8. The van der Waals surface area contributed by atoms with Crippen LogP contribution in [0.2, 0.25) is 0 Å². The van der Waals surface area contributed by atoms with Gasteiger partial charge in [-0.15, -0.1) is 0 Å². The van der Waals surface area contributed by atoms with Crippen LogP contribution in [0.4, 0.5) is 0 Å². The molecule has 1 aliphatic rings. The van der Waals surface area contributed by atoms with Crippen LogP contribution in [0.1, 0.15) is 30.4 Å². The maximum absolute atomic E-state index is 9.76. The van der Waals surface area contributed by atoms with Crippen LogP contribution in [-0.2, 0) is 13.0 Å². The molecule has 0 bridgehead atoms. The predicted molar refractivity (Wildman–Crippen MR) is 68.0 cm³/mol. The van der Waals surface area contributed by atoms with E-state index in [4.69, 9.17) is 5.11 Å². The highest BCUT2D eigenvalue weighted by atomic mass is 16.3. The summed E-state index contributed by atoms with van der Waals surface area (Å²) in [6.07, 6.45) is 4.80. The van der Waals surface area contributed by atoms with Crippen molar-refractivity contribution in [2.24, 2.45) is 0 Å². The lowest BCUT2D eigenvalue weighted by Crippen LogP contribution is -2.31. The standard InChI is InChI=1S/C14H21NO2/c16-11-12-4-5-14(17)13(10-12)6-9-15-7-2-1-3-8-15/h4-5,10,16-17H,1-3,6-9,11H2. The number of benzene rings is 1. The maximum Gasteiger partial charge on any atom is 0.118 e. The zero-order valence-electron chi connectivity index (χ0n) is 10.2. The van der Waals surface area contributed by atoms with Crippen LogP contribution in [0.3, 0.4) is 0 Å². The van der Waals surface area contributed by atoms with E-state index in [0.717, 1.165) is 24.1 Å². The highest BCUT2D eigenvalue weighted by molar-refractivity contribution is 5.36. The molecule has 0 aromatic heterocycles. The molecule has 0 aliphatic carbocycles. The van der Waals surface area contributed by atoms with E-state index in [1.54, 1.807) is 12.1 Å². The molecule has 1 aromatic rings. The number of nitrogens with zero attached hydrogens (tertiary/aromatic N) is 1. The van der Waals surface area contributed by atoms with Gasteiger partial charge in [-0.05, 0) is 55.6 Å². The minimum Gasteiger partial charge on any atom is -0.508 e. The van der Waals surface area contributed by atoms with Gasteiger partial charge in [0.15, 0.2) is 0 Å². The van der Waals surface area contributed by atoms with Crippen LogP contribution in [0.15, 0.2) is 18.2 Å². The van der Waals surface area contributed by atoms with Crippen molar-refractivity contribution < 1.29 is 10.2 Å². The van der Waals surface area contributed by atoms with Gasteiger partial charge in [0.1, 0.15) is 5.75 Å². The number of aromatic hydroxyl groups is 1. The van der Waals surface area contributed by atoms with Crippen molar-refractivity contribution in [2.75, 3.05) is 19.6 Å². The Balaban J connectivity index is 1.92. The molecule has 3 nitrogen and oxygen atoms in total. The minimum atomic E-state index is 0.0387. The van der Waals surface area contributed by atoms with E-state index < -0.39 is 0 Å². The number of aliphatic hydroxyl groups is 1. The second-order valence-corrected chi connectivity index (χ2v) is 4.77. The van der Waals surface area contributed by atoms with E-state index in [9.17, 15) is 5.11 Å². The zero-order chi connectivity index (χ0) is 12.1. The van der Waals surface area contributed by atoms with Crippen LogP contribution in [0.5, 0.6) is 5.75 Å². The first-order valence-corrected chi connectivity index (χ1v) is 6.43. The Bertz CT molecular complexity index is 359. The Morgan fingerprint density at radius 3 is 2.59 bits per heavy atom. The van der Waals surface area contributed by atoms with E-state index in [2.05, 4.69) is 4.90 Å². The van der Waals surface area contributed by atoms with Crippen LogP contribution in [0.25, 0.3) is 0 Å². The fraction of sp³-hybridized carbons (Fsp3) is 0.571. The van der Waals surface area contributed by atoms with Crippen molar-refractivity contribution in [1.29, 1.82) is 0 Å². The van der Waals surface area contributed by atoms with Gasteiger partial charge in [0.2, 0.25) is 0 Å². The second-order valence-electron chi connectivity index (χ2n) is 4.77. The quantitative estimate of drug-likeness (QED) is 0.838. The lowest BCUT2D eigenvalue weighted by atomic mass is 10.1. The normalized spacial score (nSPS) is 17.2. The summed E-state index contributed by atoms with van der Waals surface area (Å²) < 4.78 is 0. The van der Waals surface area contributed by atoms with Gasteiger partial charge in [0.25, 0.3) is 0 Å². The highest BCUT2D eigenvalue weighted by Crippen LogP contribution is 2.20. The molecular formula is C14H21NO2. The van der Waals surface area contributed by atoms with Crippen LogP contribution in [0, 0.1) is 0 Å². The van der Waals surface area contributed by atoms with Gasteiger partial charge in [-0.1, -0.05) is 12.5 Å². The molecule has 0 amide bonds. The first-order chi connectivity index (χ1) is 8.29. The zero-order valence-corrected chi connectivity index (χ0v) is 10.2. The molecule has 0 atom stereocenters. The fourth-order valence-electron chi connectivity index (χ4n) is 2.40. The third-order valence-electron chi connectivity index (χ3n) is 3.47. The molecule has 1 aromatic carbocycles. The minimum absolute atomic E-state index is 0.0387. The number of phenolic OH excluding ortho intramolecular Hbond substituents is 1. The summed E-state index contributed by atoms with van der Waals surface area (Å²) in [6.45, 7) is 3.40. The Morgan fingerprint density at radius 1 is 1.12 bits per heavy atom. The van der Waals surface area contributed by atoms with Gasteiger partial charge in [-0.25, -0.2) is 0 Å². The van der Waals surface area contributed by atoms with Crippen LogP contribution >= 0.6 is 0 Å². The smallest absolute Gasteiger partial charge is 0.118 e. The molecule has 0 radical (unpaired) electrons. The van der Waals surface area contributed by atoms with E-state index in [1.165, 1.54) is 32.4 Å². The topological polar surface area (TPSA) is 43.7 Å². The molecule has 2 rings (SSSR count). The Kier molecular flexibility index (Phi) is 4.40. The molecule has 3 heteroatoms. The number of hydrogen-bond donors (Lipinski definition) is 2. The molecule has 1 saturated heterocycles. The van der Waals surface area contributed by atoms with Gasteiger partial charge >= 0.3 is 0 Å². The van der Waals surface area contributed by atoms with Gasteiger partial charge in [0.05, 0.1) is 6.61 Å². The van der Waals surface area contributed by atoms with Crippen molar-refractivity contribution in [3.05, 3.63) is 29.3 Å². The third kappa shape index (κ3) is 3.45. The summed E-state index contributed by atoms with van der Waals surface area (Å²) >= 11 is 0. The number of aliphatic hydroxyl groups excluding tert-OH is 1. The molecule has 94 valence electrons. The molecule has 0 spiro atoms. The Labute approximate surface area is 103 Å². The summed E-state index contributed by atoms with van der Waals surface area (Å²) in [4.78, 5) is 2.45. The number of phenols is 1. The van der Waals surface area contributed by atoms with Gasteiger partial charge in [-0.3, -0.25) is 0 Å². The fourth-order valence-corrected chi connectivity index (χ4v) is 2.40. The molecule has 0 saturated carbocycles. The number of likely N-dealkylation sites (tertiary alicyclic amines) is 1. The van der Waals surface area contributed by atoms with Crippen LogP contribution in [-0.4, -0.2) is 34.7 Å². The maximum atomic E-state index is 9.76. The van der Waals surface area contributed by atoms with Crippen LogP contribution < -0.4 is 0 Å². The average Bonchev–Trinajstić information content (AvgIpc) is 2.39. The Morgan fingerprint density at radius 2 is 1.88 bits per heavy atom. The summed E-state index contributed by atoms with van der Waals surface area (Å²) in [7, 11) is 0. The lowest BCUT2D eigenvalue weighted by Gasteiger charge is -2.26. The molecule has 2 N–H and O–H groups in total. The van der Waals surface area contributed by atoms with Gasteiger partial charge in [0, 0.05) is 6.54 Å². The van der Waals surface area contributed by atoms with Crippen molar-refractivity contribution in [3.8, 4) is 5.75 Å². The predicted octanol–water partition coefficient (Wildman–Crippen LogP) is 1.91. The summed E-state index contributed by atoms with van der Waals surface area (Å²) in [5.74, 6) is 0.346. The first kappa shape index (κ1) is 12.4. The largest absolute Gasteiger partial charge is 0.508 e. The number of piperidine rings is 1. The van der Waals surface area contributed by atoms with E-state index in [-0.39, 0.29) is 6.61 Å². The second kappa shape index (κ2) is 6.03. The van der Waals surface area contributed by atoms with Gasteiger partial charge < -0.3 is 15.1 Å². The molecule has 1 heterocycles. The molecular weight excluding hydrogens is 214 g/mol.